The Hall–Kier alpha value is -1.30. The van der Waals surface area contributed by atoms with Gasteiger partial charge >= 0.3 is 12.0 Å². The van der Waals surface area contributed by atoms with Crippen LogP contribution in [0.4, 0.5) is 4.79 Å². The molecule has 0 aromatic rings. The lowest BCUT2D eigenvalue weighted by Crippen LogP contribution is -2.52. The van der Waals surface area contributed by atoms with Gasteiger partial charge in [-0.3, -0.25) is 0 Å². The third-order valence-corrected chi connectivity index (χ3v) is 4.04. The zero-order valence-corrected chi connectivity index (χ0v) is 13.3. The minimum absolute atomic E-state index is 0.126. The molecule has 2 atom stereocenters. The molecule has 2 N–H and O–H groups in total. The summed E-state index contributed by atoms with van der Waals surface area (Å²) in [5, 5.41) is 11.9. The molecule has 1 aliphatic carbocycles. The van der Waals surface area contributed by atoms with Crippen molar-refractivity contribution in [2.75, 3.05) is 20.3 Å². The Morgan fingerprint density at radius 3 is 2.57 bits per heavy atom. The number of carboxylic acid groups (broad SMARTS) is 1. The maximum absolute atomic E-state index is 12.4. The third kappa shape index (κ3) is 5.91. The van der Waals surface area contributed by atoms with Gasteiger partial charge in [0.25, 0.3) is 0 Å². The molecule has 0 aromatic heterocycles. The van der Waals surface area contributed by atoms with Gasteiger partial charge in [0.2, 0.25) is 0 Å². The third-order valence-electron chi connectivity index (χ3n) is 4.04. The van der Waals surface area contributed by atoms with E-state index < -0.39 is 12.0 Å². The second kappa shape index (κ2) is 8.87. The highest BCUT2D eigenvalue weighted by Gasteiger charge is 2.35. The van der Waals surface area contributed by atoms with E-state index in [0.717, 1.165) is 25.7 Å². The van der Waals surface area contributed by atoms with Crippen LogP contribution in [0.25, 0.3) is 0 Å². The molecule has 1 rings (SSSR count). The van der Waals surface area contributed by atoms with Crippen molar-refractivity contribution in [3.8, 4) is 0 Å². The van der Waals surface area contributed by atoms with E-state index in [4.69, 9.17) is 4.74 Å². The minimum atomic E-state index is -0.970. The summed E-state index contributed by atoms with van der Waals surface area (Å²) in [6, 6.07) is -0.982. The average molecular weight is 300 g/mol. The summed E-state index contributed by atoms with van der Waals surface area (Å²) in [5.41, 5.74) is 0. The van der Waals surface area contributed by atoms with Gasteiger partial charge in [0.15, 0.2) is 0 Å². The minimum Gasteiger partial charge on any atom is -0.480 e. The Kier molecular flexibility index (Phi) is 7.50. The number of carboxylic acids is 1. The van der Waals surface area contributed by atoms with E-state index >= 15 is 0 Å². The molecule has 21 heavy (non-hydrogen) atoms. The van der Waals surface area contributed by atoms with Gasteiger partial charge in [0.1, 0.15) is 6.04 Å². The van der Waals surface area contributed by atoms with E-state index in [-0.39, 0.29) is 12.1 Å². The van der Waals surface area contributed by atoms with Gasteiger partial charge in [-0.1, -0.05) is 19.8 Å². The van der Waals surface area contributed by atoms with Crippen LogP contribution in [0.5, 0.6) is 0 Å². The molecular formula is C15H28N2O4. The van der Waals surface area contributed by atoms with E-state index in [9.17, 15) is 14.7 Å². The van der Waals surface area contributed by atoms with Crippen LogP contribution >= 0.6 is 0 Å². The fourth-order valence-corrected chi connectivity index (χ4v) is 2.41. The van der Waals surface area contributed by atoms with E-state index in [0.29, 0.717) is 25.5 Å². The van der Waals surface area contributed by atoms with E-state index in [2.05, 4.69) is 5.32 Å². The molecule has 0 bridgehead atoms. The summed E-state index contributed by atoms with van der Waals surface area (Å²) in [6.07, 6.45) is 4.43. The number of aliphatic carboxylic acids is 1. The normalized spacial score (nSPS) is 17.1. The second-order valence-corrected chi connectivity index (χ2v) is 5.75. The molecule has 0 aromatic carbocycles. The number of carbonyl (C=O) groups is 2. The van der Waals surface area contributed by atoms with Crippen molar-refractivity contribution >= 4 is 12.0 Å². The number of hydrogen-bond donors (Lipinski definition) is 2. The number of carbonyl (C=O) groups excluding carboxylic acids is 1. The van der Waals surface area contributed by atoms with Crippen molar-refractivity contribution in [3.63, 3.8) is 0 Å². The van der Waals surface area contributed by atoms with Gasteiger partial charge in [-0.25, -0.2) is 9.59 Å². The number of nitrogens with one attached hydrogen (secondary N) is 1. The number of ether oxygens (including phenoxy) is 1. The van der Waals surface area contributed by atoms with Crippen LogP contribution in [0.3, 0.4) is 0 Å². The van der Waals surface area contributed by atoms with Crippen LogP contribution in [0, 0.1) is 5.92 Å². The van der Waals surface area contributed by atoms with Crippen LogP contribution in [0.2, 0.25) is 0 Å². The molecule has 0 saturated heterocycles. The van der Waals surface area contributed by atoms with Gasteiger partial charge in [0.05, 0.1) is 6.61 Å². The molecule has 1 aliphatic rings. The standard InChI is InChI=1S/C15H28N2O4/c1-4-5-6-13(14(18)19)16-15(20)17(9-10-21-3)11(2)12-7-8-12/h11-13H,4-10H2,1-3H3,(H,16,20)(H,18,19). The maximum atomic E-state index is 12.4. The molecule has 1 saturated carbocycles. The zero-order chi connectivity index (χ0) is 15.8. The number of hydrogen-bond acceptors (Lipinski definition) is 3. The highest BCUT2D eigenvalue weighted by atomic mass is 16.5. The summed E-state index contributed by atoms with van der Waals surface area (Å²) in [4.78, 5) is 25.3. The van der Waals surface area contributed by atoms with Gasteiger partial charge in [0, 0.05) is 19.7 Å². The van der Waals surface area contributed by atoms with Crippen molar-refractivity contribution in [2.45, 2.75) is 58.0 Å². The van der Waals surface area contributed by atoms with Crippen LogP contribution in [-0.4, -0.2) is 54.4 Å². The SMILES string of the molecule is CCCCC(NC(=O)N(CCOC)C(C)C1CC1)C(=O)O. The summed E-state index contributed by atoms with van der Waals surface area (Å²) in [5.74, 6) is -0.436. The fraction of sp³-hybridized carbons (Fsp3) is 0.867. The first-order valence-corrected chi connectivity index (χ1v) is 7.80. The molecule has 6 heteroatoms. The van der Waals surface area contributed by atoms with Gasteiger partial charge in [-0.2, -0.15) is 0 Å². The molecule has 2 amide bonds. The van der Waals surface area contributed by atoms with Crippen LogP contribution < -0.4 is 5.32 Å². The summed E-state index contributed by atoms with van der Waals surface area (Å²) in [6.45, 7) is 4.97. The molecule has 0 radical (unpaired) electrons. The molecule has 2 unspecified atom stereocenters. The highest BCUT2D eigenvalue weighted by Crippen LogP contribution is 2.35. The van der Waals surface area contributed by atoms with Gasteiger partial charge in [-0.05, 0) is 32.1 Å². The Morgan fingerprint density at radius 2 is 2.10 bits per heavy atom. The van der Waals surface area contributed by atoms with Gasteiger partial charge in [-0.15, -0.1) is 0 Å². The predicted octanol–water partition coefficient (Wildman–Crippen LogP) is 2.09. The Balaban J connectivity index is 2.61. The fourth-order valence-electron chi connectivity index (χ4n) is 2.41. The molecule has 1 fully saturated rings. The lowest BCUT2D eigenvalue weighted by Gasteiger charge is -2.30. The van der Waals surface area contributed by atoms with Crippen molar-refractivity contribution in [3.05, 3.63) is 0 Å². The van der Waals surface area contributed by atoms with Crippen LogP contribution in [-0.2, 0) is 9.53 Å². The molecule has 6 nitrogen and oxygen atoms in total. The number of rotatable bonds is 10. The lowest BCUT2D eigenvalue weighted by molar-refractivity contribution is -0.139. The monoisotopic (exact) mass is 300 g/mol. The number of urea groups is 1. The number of amides is 2. The van der Waals surface area contributed by atoms with Crippen molar-refractivity contribution in [1.29, 1.82) is 0 Å². The molecule has 122 valence electrons. The summed E-state index contributed by atoms with van der Waals surface area (Å²) < 4.78 is 5.05. The smallest absolute Gasteiger partial charge is 0.326 e. The maximum Gasteiger partial charge on any atom is 0.326 e. The first-order valence-electron chi connectivity index (χ1n) is 7.80. The average Bonchev–Trinajstić information content (AvgIpc) is 3.27. The van der Waals surface area contributed by atoms with Gasteiger partial charge < -0.3 is 20.1 Å². The Labute approximate surface area is 126 Å². The van der Waals surface area contributed by atoms with Crippen LogP contribution in [0.15, 0.2) is 0 Å². The molecule has 0 aliphatic heterocycles. The highest BCUT2D eigenvalue weighted by molar-refractivity contribution is 5.82. The summed E-state index contributed by atoms with van der Waals surface area (Å²) in [7, 11) is 1.60. The van der Waals surface area contributed by atoms with Crippen LogP contribution in [0.1, 0.15) is 46.0 Å². The predicted molar refractivity (Wildman–Crippen MR) is 80.2 cm³/mol. The molecule has 0 spiro atoms. The van der Waals surface area contributed by atoms with Crippen molar-refractivity contribution in [2.24, 2.45) is 5.92 Å². The molecular weight excluding hydrogens is 272 g/mol. The first-order chi connectivity index (χ1) is 10.0. The quantitative estimate of drug-likeness (QED) is 0.647. The van der Waals surface area contributed by atoms with Crippen molar-refractivity contribution in [1.82, 2.24) is 10.2 Å². The first kappa shape index (κ1) is 17.8. The Bertz CT molecular complexity index is 345. The zero-order valence-electron chi connectivity index (χ0n) is 13.3. The van der Waals surface area contributed by atoms with Crippen molar-refractivity contribution < 1.29 is 19.4 Å². The second-order valence-electron chi connectivity index (χ2n) is 5.75. The number of methoxy groups -OCH3 is 1. The van der Waals surface area contributed by atoms with E-state index in [1.165, 1.54) is 0 Å². The number of unbranched alkanes of at least 4 members (excludes halogenated alkanes) is 1. The largest absolute Gasteiger partial charge is 0.480 e. The van der Waals surface area contributed by atoms with E-state index in [1.807, 2.05) is 13.8 Å². The summed E-state index contributed by atoms with van der Waals surface area (Å²) >= 11 is 0. The topological polar surface area (TPSA) is 78.9 Å². The number of nitrogens with zero attached hydrogens (tertiary/aromatic N) is 1. The lowest BCUT2D eigenvalue weighted by atomic mass is 10.1. The molecule has 0 heterocycles. The Morgan fingerprint density at radius 1 is 1.43 bits per heavy atom. The van der Waals surface area contributed by atoms with E-state index in [1.54, 1.807) is 12.0 Å².